The molecule has 0 spiro atoms. The van der Waals surface area contributed by atoms with Gasteiger partial charge < -0.3 is 9.84 Å². The predicted octanol–water partition coefficient (Wildman–Crippen LogP) is -0.991. The van der Waals surface area contributed by atoms with E-state index in [1.165, 1.54) is 0 Å². The lowest BCUT2D eigenvalue weighted by molar-refractivity contribution is 0.0158. The lowest BCUT2D eigenvalue weighted by Gasteiger charge is -2.28. The molecule has 1 aliphatic heterocycles. The Morgan fingerprint density at radius 2 is 2.00 bits per heavy atom. The van der Waals surface area contributed by atoms with Gasteiger partial charge in [-0.3, -0.25) is 4.90 Å². The minimum absolute atomic E-state index is 0.104. The minimum Gasteiger partial charge on any atom is -0.390 e. The second-order valence-corrected chi connectivity index (χ2v) is 6.99. The fourth-order valence-electron chi connectivity index (χ4n) is 2.02. The Hall–Kier alpha value is -0.210. The molecule has 1 unspecified atom stereocenters. The number of hydrogen-bond donors (Lipinski definition) is 2. The van der Waals surface area contributed by atoms with Crippen molar-refractivity contribution in [1.29, 1.82) is 0 Å². The standard InChI is InChI=1S/C11H22N2O4S/c14-11(8-13-3-5-17-6-4-13)7-12-18(15,16)9-10-1-2-10/h10-12,14H,1-9H2. The molecule has 1 heterocycles. The zero-order chi connectivity index (χ0) is 13.0. The van der Waals surface area contributed by atoms with E-state index in [2.05, 4.69) is 9.62 Å². The molecule has 1 atom stereocenters. The molecule has 2 aliphatic rings. The number of hydrogen-bond acceptors (Lipinski definition) is 5. The fraction of sp³-hybridized carbons (Fsp3) is 1.00. The monoisotopic (exact) mass is 278 g/mol. The lowest BCUT2D eigenvalue weighted by atomic mass is 10.3. The molecule has 1 aliphatic carbocycles. The molecular formula is C11H22N2O4S. The van der Waals surface area contributed by atoms with Crippen LogP contribution in [0, 0.1) is 5.92 Å². The molecule has 1 saturated heterocycles. The normalized spacial score (nSPS) is 24.1. The van der Waals surface area contributed by atoms with Gasteiger partial charge in [-0.1, -0.05) is 0 Å². The SMILES string of the molecule is O=S(=O)(CC1CC1)NCC(O)CN1CCOCC1. The maximum absolute atomic E-state index is 11.6. The van der Waals surface area contributed by atoms with Crippen molar-refractivity contribution >= 4 is 10.0 Å². The molecule has 0 radical (unpaired) electrons. The molecule has 0 aromatic rings. The topological polar surface area (TPSA) is 78.9 Å². The van der Waals surface area contributed by atoms with Gasteiger partial charge in [0.25, 0.3) is 0 Å². The number of aliphatic hydroxyl groups excluding tert-OH is 1. The average molecular weight is 278 g/mol. The summed E-state index contributed by atoms with van der Waals surface area (Å²) in [5, 5.41) is 9.81. The van der Waals surface area contributed by atoms with Crippen molar-refractivity contribution in [3.63, 3.8) is 0 Å². The molecule has 6 nitrogen and oxygen atoms in total. The molecule has 0 bridgehead atoms. The van der Waals surface area contributed by atoms with E-state index in [-0.39, 0.29) is 12.3 Å². The Bertz CT molecular complexity index is 350. The van der Waals surface area contributed by atoms with Crippen LogP contribution in [0.4, 0.5) is 0 Å². The summed E-state index contributed by atoms with van der Waals surface area (Å²) >= 11 is 0. The van der Waals surface area contributed by atoms with E-state index in [4.69, 9.17) is 4.74 Å². The van der Waals surface area contributed by atoms with Crippen molar-refractivity contribution in [1.82, 2.24) is 9.62 Å². The lowest BCUT2D eigenvalue weighted by Crippen LogP contribution is -2.44. The zero-order valence-electron chi connectivity index (χ0n) is 10.5. The van der Waals surface area contributed by atoms with Crippen LogP contribution in [0.15, 0.2) is 0 Å². The average Bonchev–Trinajstić information content (AvgIpc) is 3.11. The van der Waals surface area contributed by atoms with Crippen LogP contribution < -0.4 is 4.72 Å². The number of nitrogens with zero attached hydrogens (tertiary/aromatic N) is 1. The van der Waals surface area contributed by atoms with Gasteiger partial charge in [0.2, 0.25) is 10.0 Å². The van der Waals surface area contributed by atoms with Gasteiger partial charge in [0.15, 0.2) is 0 Å². The molecule has 1 saturated carbocycles. The van der Waals surface area contributed by atoms with Crippen LogP contribution in [0.3, 0.4) is 0 Å². The number of nitrogens with one attached hydrogen (secondary N) is 1. The van der Waals surface area contributed by atoms with Gasteiger partial charge >= 0.3 is 0 Å². The molecular weight excluding hydrogens is 256 g/mol. The third kappa shape index (κ3) is 5.19. The molecule has 0 amide bonds. The molecule has 7 heteroatoms. The van der Waals surface area contributed by atoms with Gasteiger partial charge in [-0.25, -0.2) is 13.1 Å². The molecule has 0 aromatic carbocycles. The summed E-state index contributed by atoms with van der Waals surface area (Å²) in [6.07, 6.45) is 1.37. The Morgan fingerprint density at radius 1 is 1.33 bits per heavy atom. The summed E-state index contributed by atoms with van der Waals surface area (Å²) in [5.74, 6) is 0.538. The predicted molar refractivity (Wildman–Crippen MR) is 67.8 cm³/mol. The van der Waals surface area contributed by atoms with E-state index in [0.717, 1.165) is 25.9 Å². The number of aliphatic hydroxyl groups is 1. The Balaban J connectivity index is 1.65. The van der Waals surface area contributed by atoms with Crippen LogP contribution in [0.5, 0.6) is 0 Å². The highest BCUT2D eigenvalue weighted by Crippen LogP contribution is 2.29. The fourth-order valence-corrected chi connectivity index (χ4v) is 3.54. The van der Waals surface area contributed by atoms with Crippen molar-refractivity contribution < 1.29 is 18.3 Å². The van der Waals surface area contributed by atoms with Gasteiger partial charge in [0, 0.05) is 26.2 Å². The first-order valence-corrected chi connectivity index (χ1v) is 8.16. The van der Waals surface area contributed by atoms with E-state index in [1.807, 2.05) is 0 Å². The highest BCUT2D eigenvalue weighted by atomic mass is 32.2. The van der Waals surface area contributed by atoms with E-state index in [1.54, 1.807) is 0 Å². The summed E-state index contributed by atoms with van der Waals surface area (Å²) in [6, 6.07) is 0. The Morgan fingerprint density at radius 3 is 2.61 bits per heavy atom. The maximum Gasteiger partial charge on any atom is 0.211 e. The number of β-amino-alcohol motifs (C(OH)–C–C–N with tert-alkyl or cyclic N) is 1. The Labute approximate surface area is 108 Å². The van der Waals surface area contributed by atoms with Gasteiger partial charge in [0.05, 0.1) is 25.1 Å². The number of rotatable bonds is 7. The van der Waals surface area contributed by atoms with Crippen molar-refractivity contribution in [2.24, 2.45) is 5.92 Å². The quantitative estimate of drug-likeness (QED) is 0.625. The molecule has 18 heavy (non-hydrogen) atoms. The molecule has 2 N–H and O–H groups in total. The van der Waals surface area contributed by atoms with Crippen molar-refractivity contribution in [3.8, 4) is 0 Å². The van der Waals surface area contributed by atoms with Gasteiger partial charge in [0.1, 0.15) is 0 Å². The second-order valence-electron chi connectivity index (χ2n) is 5.14. The number of ether oxygens (including phenoxy) is 1. The zero-order valence-corrected chi connectivity index (χ0v) is 11.4. The Kier molecular flexibility index (Phi) is 4.97. The summed E-state index contributed by atoms with van der Waals surface area (Å²) in [6.45, 7) is 3.56. The minimum atomic E-state index is -3.21. The van der Waals surface area contributed by atoms with Gasteiger partial charge in [-0.15, -0.1) is 0 Å². The maximum atomic E-state index is 11.6. The summed E-state index contributed by atoms with van der Waals surface area (Å²) < 4.78 is 30.9. The van der Waals surface area contributed by atoms with Crippen LogP contribution in [-0.4, -0.2) is 69.7 Å². The largest absolute Gasteiger partial charge is 0.390 e. The third-order valence-corrected chi connectivity index (χ3v) is 4.78. The highest BCUT2D eigenvalue weighted by molar-refractivity contribution is 7.89. The summed E-state index contributed by atoms with van der Waals surface area (Å²) in [7, 11) is -3.21. The number of morpholine rings is 1. The van der Waals surface area contributed by atoms with Crippen LogP contribution >= 0.6 is 0 Å². The molecule has 2 fully saturated rings. The smallest absolute Gasteiger partial charge is 0.211 e. The van der Waals surface area contributed by atoms with Crippen LogP contribution in [0.2, 0.25) is 0 Å². The molecule has 2 rings (SSSR count). The van der Waals surface area contributed by atoms with Crippen LogP contribution in [-0.2, 0) is 14.8 Å². The summed E-state index contributed by atoms with van der Waals surface area (Å²) in [4.78, 5) is 2.09. The number of sulfonamides is 1. The van der Waals surface area contributed by atoms with Crippen molar-refractivity contribution in [2.45, 2.75) is 18.9 Å². The second kappa shape index (κ2) is 6.29. The molecule has 0 aromatic heterocycles. The van der Waals surface area contributed by atoms with Gasteiger partial charge in [-0.2, -0.15) is 0 Å². The first-order chi connectivity index (χ1) is 8.55. The van der Waals surface area contributed by atoms with E-state index in [9.17, 15) is 13.5 Å². The first kappa shape index (κ1) is 14.2. The van der Waals surface area contributed by atoms with E-state index >= 15 is 0 Å². The van der Waals surface area contributed by atoms with Crippen molar-refractivity contribution in [3.05, 3.63) is 0 Å². The molecule has 106 valence electrons. The highest BCUT2D eigenvalue weighted by Gasteiger charge is 2.28. The van der Waals surface area contributed by atoms with Gasteiger partial charge in [-0.05, 0) is 18.8 Å². The van der Waals surface area contributed by atoms with E-state index < -0.39 is 16.1 Å². The third-order valence-electron chi connectivity index (χ3n) is 3.26. The van der Waals surface area contributed by atoms with E-state index in [0.29, 0.717) is 25.7 Å². The van der Waals surface area contributed by atoms with Crippen molar-refractivity contribution in [2.75, 3.05) is 45.1 Å². The van der Waals surface area contributed by atoms with Crippen LogP contribution in [0.25, 0.3) is 0 Å². The summed E-state index contributed by atoms with van der Waals surface area (Å²) in [5.41, 5.74) is 0. The van der Waals surface area contributed by atoms with Crippen LogP contribution in [0.1, 0.15) is 12.8 Å². The first-order valence-electron chi connectivity index (χ1n) is 6.51.